The summed E-state index contributed by atoms with van der Waals surface area (Å²) < 4.78 is 18.7. The van der Waals surface area contributed by atoms with Crippen molar-refractivity contribution in [3.8, 4) is 0 Å². The summed E-state index contributed by atoms with van der Waals surface area (Å²) in [5.41, 5.74) is -0.104. The van der Waals surface area contributed by atoms with E-state index in [0.717, 1.165) is 12.8 Å². The van der Waals surface area contributed by atoms with Crippen molar-refractivity contribution in [1.82, 2.24) is 0 Å². The van der Waals surface area contributed by atoms with Crippen LogP contribution in [-0.4, -0.2) is 29.2 Å². The van der Waals surface area contributed by atoms with Crippen LogP contribution in [0.25, 0.3) is 0 Å². The van der Waals surface area contributed by atoms with Crippen molar-refractivity contribution in [3.63, 3.8) is 0 Å². The minimum absolute atomic E-state index is 0.0693. The fourth-order valence-electron chi connectivity index (χ4n) is 4.28. The van der Waals surface area contributed by atoms with Crippen LogP contribution in [0.4, 0.5) is 0 Å². The first-order valence-corrected chi connectivity index (χ1v) is 7.51. The van der Waals surface area contributed by atoms with Crippen LogP contribution in [-0.2, 0) is 14.2 Å². The van der Waals surface area contributed by atoms with E-state index in [2.05, 4.69) is 34.6 Å². The van der Waals surface area contributed by atoms with Gasteiger partial charge in [0.05, 0.1) is 11.2 Å². The molecule has 3 rings (SSSR count). The number of hydrogen-bond donors (Lipinski definition) is 0. The normalized spacial score (nSPS) is 52.3. The van der Waals surface area contributed by atoms with Crippen LogP contribution in [0.3, 0.4) is 0 Å². The van der Waals surface area contributed by atoms with E-state index in [4.69, 9.17) is 14.2 Å². The van der Waals surface area contributed by atoms with Crippen molar-refractivity contribution < 1.29 is 14.2 Å². The summed E-state index contributed by atoms with van der Waals surface area (Å²) in [6, 6.07) is 0. The van der Waals surface area contributed by atoms with Gasteiger partial charge in [-0.15, -0.1) is 0 Å². The SMILES string of the molecule is CC1(C)O[C@@H]2[C@H](O1)[C@@]1(C)CC(C(C)(C)C)C[C@]2(C)O1. The molecule has 110 valence electrons. The van der Waals surface area contributed by atoms with Crippen LogP contribution < -0.4 is 0 Å². The van der Waals surface area contributed by atoms with Gasteiger partial charge in [0.1, 0.15) is 12.2 Å². The molecule has 3 fully saturated rings. The highest BCUT2D eigenvalue weighted by molar-refractivity contribution is 5.15. The lowest BCUT2D eigenvalue weighted by molar-refractivity contribution is -0.251. The molecular weight excluding hydrogens is 240 g/mol. The fraction of sp³-hybridized carbons (Fsp3) is 1.00. The van der Waals surface area contributed by atoms with Gasteiger partial charge in [-0.25, -0.2) is 0 Å². The maximum absolute atomic E-state index is 6.41. The Bertz CT molecular complexity index is 369. The Morgan fingerprint density at radius 2 is 1.26 bits per heavy atom. The Labute approximate surface area is 117 Å². The van der Waals surface area contributed by atoms with Crippen molar-refractivity contribution in [2.45, 2.75) is 90.5 Å². The third-order valence-electron chi connectivity index (χ3n) is 5.29. The van der Waals surface area contributed by atoms with Crippen LogP contribution in [0.5, 0.6) is 0 Å². The van der Waals surface area contributed by atoms with Gasteiger partial charge in [-0.3, -0.25) is 0 Å². The van der Waals surface area contributed by atoms with Gasteiger partial charge in [-0.05, 0) is 51.9 Å². The molecule has 0 N–H and O–H groups in total. The summed E-state index contributed by atoms with van der Waals surface area (Å²) in [7, 11) is 0. The second kappa shape index (κ2) is 3.55. The lowest BCUT2D eigenvalue weighted by Gasteiger charge is -2.47. The smallest absolute Gasteiger partial charge is 0.164 e. The highest BCUT2D eigenvalue weighted by Gasteiger charge is 2.69. The lowest BCUT2D eigenvalue weighted by Crippen LogP contribution is -2.49. The van der Waals surface area contributed by atoms with E-state index in [9.17, 15) is 0 Å². The molecule has 0 aromatic heterocycles. The van der Waals surface area contributed by atoms with Gasteiger partial charge in [0.15, 0.2) is 5.79 Å². The van der Waals surface area contributed by atoms with E-state index in [-0.39, 0.29) is 23.4 Å². The minimum Gasteiger partial charge on any atom is -0.363 e. The van der Waals surface area contributed by atoms with E-state index in [0.29, 0.717) is 11.3 Å². The molecule has 0 radical (unpaired) electrons. The summed E-state index contributed by atoms with van der Waals surface area (Å²) in [5, 5.41) is 0. The van der Waals surface area contributed by atoms with Crippen LogP contribution in [0.2, 0.25) is 0 Å². The number of rotatable bonds is 0. The molecule has 0 aromatic carbocycles. The van der Waals surface area contributed by atoms with Crippen molar-refractivity contribution >= 4 is 0 Å². The Balaban J connectivity index is 1.95. The van der Waals surface area contributed by atoms with Gasteiger partial charge in [0, 0.05) is 0 Å². The molecule has 0 saturated carbocycles. The summed E-state index contributed by atoms with van der Waals surface area (Å²) in [6.07, 6.45) is 2.26. The molecule has 5 atom stereocenters. The highest BCUT2D eigenvalue weighted by Crippen LogP contribution is 2.59. The van der Waals surface area contributed by atoms with E-state index >= 15 is 0 Å². The maximum atomic E-state index is 6.41. The van der Waals surface area contributed by atoms with Gasteiger partial charge in [0.25, 0.3) is 0 Å². The maximum Gasteiger partial charge on any atom is 0.164 e. The Morgan fingerprint density at radius 1 is 0.842 bits per heavy atom. The van der Waals surface area contributed by atoms with Crippen molar-refractivity contribution in [3.05, 3.63) is 0 Å². The summed E-state index contributed by atoms with van der Waals surface area (Å²) in [5.74, 6) is 0.174. The molecular formula is C16H28O3. The molecule has 0 spiro atoms. The molecule has 19 heavy (non-hydrogen) atoms. The van der Waals surface area contributed by atoms with E-state index in [1.807, 2.05) is 13.8 Å². The van der Waals surface area contributed by atoms with Crippen molar-refractivity contribution in [1.29, 1.82) is 0 Å². The second-order valence-corrected chi connectivity index (χ2v) is 8.68. The van der Waals surface area contributed by atoms with E-state index in [1.54, 1.807) is 0 Å². The van der Waals surface area contributed by atoms with Gasteiger partial charge < -0.3 is 14.2 Å². The topological polar surface area (TPSA) is 27.7 Å². The fourth-order valence-corrected chi connectivity index (χ4v) is 4.28. The first kappa shape index (κ1) is 13.8. The summed E-state index contributed by atoms with van der Waals surface area (Å²) in [6.45, 7) is 15.4. The first-order valence-electron chi connectivity index (χ1n) is 7.51. The quantitative estimate of drug-likeness (QED) is 0.673. The van der Waals surface area contributed by atoms with Gasteiger partial charge in [-0.2, -0.15) is 0 Å². The average molecular weight is 268 g/mol. The monoisotopic (exact) mass is 268 g/mol. The molecule has 3 saturated heterocycles. The molecule has 3 aliphatic heterocycles. The molecule has 2 bridgehead atoms. The van der Waals surface area contributed by atoms with Crippen molar-refractivity contribution in [2.24, 2.45) is 11.3 Å². The van der Waals surface area contributed by atoms with Crippen LogP contribution in [0.1, 0.15) is 61.3 Å². The lowest BCUT2D eigenvalue weighted by atomic mass is 9.70. The first-order chi connectivity index (χ1) is 8.45. The third kappa shape index (κ3) is 1.97. The minimum atomic E-state index is -0.476. The molecule has 0 amide bonds. The van der Waals surface area contributed by atoms with Crippen LogP contribution >= 0.6 is 0 Å². The average Bonchev–Trinajstić information content (AvgIpc) is 2.58. The van der Waals surface area contributed by atoms with Crippen LogP contribution in [0, 0.1) is 11.3 Å². The zero-order valence-corrected chi connectivity index (χ0v) is 13.4. The predicted octanol–water partition coefficient (Wildman–Crippen LogP) is 3.51. The van der Waals surface area contributed by atoms with Gasteiger partial charge in [0.2, 0.25) is 0 Å². The molecule has 3 heterocycles. The van der Waals surface area contributed by atoms with Gasteiger partial charge >= 0.3 is 0 Å². The molecule has 3 nitrogen and oxygen atoms in total. The van der Waals surface area contributed by atoms with Gasteiger partial charge in [-0.1, -0.05) is 20.8 Å². The van der Waals surface area contributed by atoms with Crippen molar-refractivity contribution in [2.75, 3.05) is 0 Å². The molecule has 3 aliphatic rings. The highest BCUT2D eigenvalue weighted by atomic mass is 16.8. The number of fused-ring (bicyclic) bond motifs is 5. The number of hydrogen-bond acceptors (Lipinski definition) is 3. The van der Waals surface area contributed by atoms with E-state index < -0.39 is 5.79 Å². The van der Waals surface area contributed by atoms with Crippen LogP contribution in [0.15, 0.2) is 0 Å². The summed E-state index contributed by atoms with van der Waals surface area (Å²) >= 11 is 0. The Morgan fingerprint density at radius 3 is 1.63 bits per heavy atom. The summed E-state index contributed by atoms with van der Waals surface area (Å²) in [4.78, 5) is 0. The largest absolute Gasteiger partial charge is 0.363 e. The molecule has 0 aliphatic carbocycles. The molecule has 3 heteroatoms. The standard InChI is InChI=1S/C16H28O3/c1-13(2,3)10-8-15(6)11-12(16(7,9-10)19-15)18-14(4,5)17-11/h10-12H,8-9H2,1-7H3/t10?,11-,12+,15+,16-. The Hall–Kier alpha value is -0.120. The second-order valence-electron chi connectivity index (χ2n) is 8.68. The molecule has 1 unspecified atom stereocenters. The van der Waals surface area contributed by atoms with E-state index in [1.165, 1.54) is 0 Å². The predicted molar refractivity (Wildman–Crippen MR) is 73.9 cm³/mol. The third-order valence-corrected chi connectivity index (χ3v) is 5.29. The molecule has 0 aromatic rings. The Kier molecular flexibility index (Phi) is 2.59. The zero-order chi connectivity index (χ0) is 14.3. The number of ether oxygens (including phenoxy) is 3. The zero-order valence-electron chi connectivity index (χ0n) is 13.4.